The van der Waals surface area contributed by atoms with E-state index in [2.05, 4.69) is 10.0 Å². The van der Waals surface area contributed by atoms with Crippen molar-refractivity contribution < 1.29 is 13.2 Å². The van der Waals surface area contributed by atoms with Crippen molar-refractivity contribution in [3.63, 3.8) is 0 Å². The zero-order valence-corrected chi connectivity index (χ0v) is 12.6. The second kappa shape index (κ2) is 6.07. The van der Waals surface area contributed by atoms with Crippen LogP contribution < -0.4 is 10.0 Å². The Hall–Kier alpha value is -2.18. The minimum Gasteiger partial charge on any atom is -0.322 e. The van der Waals surface area contributed by atoms with Gasteiger partial charge in [-0.05, 0) is 43.8 Å². The van der Waals surface area contributed by atoms with Gasteiger partial charge in [-0.15, -0.1) is 0 Å². The summed E-state index contributed by atoms with van der Waals surface area (Å²) in [6.45, 7) is 1.89. The monoisotopic (exact) mass is 304 g/mol. The quantitative estimate of drug-likeness (QED) is 0.909. The van der Waals surface area contributed by atoms with Crippen LogP contribution in [0.1, 0.15) is 15.9 Å². The van der Waals surface area contributed by atoms with Gasteiger partial charge in [0.2, 0.25) is 10.0 Å². The molecule has 0 fully saturated rings. The SMILES string of the molecule is CNS(=O)(=O)c1cccc(C(=O)Nc2ccccc2C)c1. The molecule has 2 rings (SSSR count). The molecule has 0 radical (unpaired) electrons. The van der Waals surface area contributed by atoms with E-state index in [1.54, 1.807) is 12.1 Å². The molecule has 0 bridgehead atoms. The molecule has 0 saturated heterocycles. The topological polar surface area (TPSA) is 75.3 Å². The van der Waals surface area contributed by atoms with Gasteiger partial charge in [-0.3, -0.25) is 4.79 Å². The average Bonchev–Trinajstić information content (AvgIpc) is 2.49. The lowest BCUT2D eigenvalue weighted by atomic mass is 10.1. The maximum Gasteiger partial charge on any atom is 0.255 e. The number of carbonyl (C=O) groups excluding carboxylic acids is 1. The number of aryl methyl sites for hydroxylation is 1. The highest BCUT2D eigenvalue weighted by molar-refractivity contribution is 7.89. The lowest BCUT2D eigenvalue weighted by Gasteiger charge is -2.09. The Morgan fingerprint density at radius 2 is 1.76 bits per heavy atom. The first-order valence-electron chi connectivity index (χ1n) is 6.34. The van der Waals surface area contributed by atoms with Crippen LogP contribution in [0.2, 0.25) is 0 Å². The van der Waals surface area contributed by atoms with Crippen molar-refractivity contribution in [1.82, 2.24) is 4.72 Å². The van der Waals surface area contributed by atoms with Crippen LogP contribution in [0, 0.1) is 6.92 Å². The standard InChI is InChI=1S/C15H16N2O3S/c1-11-6-3-4-9-14(11)17-15(18)12-7-5-8-13(10-12)21(19,20)16-2/h3-10,16H,1-2H3,(H,17,18). The van der Waals surface area contributed by atoms with E-state index in [1.807, 2.05) is 25.1 Å². The smallest absolute Gasteiger partial charge is 0.255 e. The molecule has 6 heteroatoms. The molecular weight excluding hydrogens is 288 g/mol. The van der Waals surface area contributed by atoms with E-state index in [4.69, 9.17) is 0 Å². The summed E-state index contributed by atoms with van der Waals surface area (Å²) in [7, 11) is -2.24. The zero-order chi connectivity index (χ0) is 15.5. The summed E-state index contributed by atoms with van der Waals surface area (Å²) >= 11 is 0. The molecule has 0 aliphatic carbocycles. The fraction of sp³-hybridized carbons (Fsp3) is 0.133. The normalized spacial score (nSPS) is 11.1. The molecule has 0 aliphatic rings. The minimum absolute atomic E-state index is 0.0578. The first kappa shape index (κ1) is 15.2. The number of hydrogen-bond donors (Lipinski definition) is 2. The molecule has 2 aromatic rings. The summed E-state index contributed by atoms with van der Waals surface area (Å²) in [4.78, 5) is 12.3. The number of hydrogen-bond acceptors (Lipinski definition) is 3. The maximum atomic E-state index is 12.2. The highest BCUT2D eigenvalue weighted by atomic mass is 32.2. The van der Waals surface area contributed by atoms with Crippen molar-refractivity contribution in [2.45, 2.75) is 11.8 Å². The molecule has 110 valence electrons. The summed E-state index contributed by atoms with van der Waals surface area (Å²) in [5, 5.41) is 2.77. The Morgan fingerprint density at radius 3 is 2.43 bits per heavy atom. The van der Waals surface area contributed by atoms with E-state index in [-0.39, 0.29) is 16.4 Å². The van der Waals surface area contributed by atoms with E-state index in [9.17, 15) is 13.2 Å². The highest BCUT2D eigenvalue weighted by Gasteiger charge is 2.14. The van der Waals surface area contributed by atoms with E-state index < -0.39 is 10.0 Å². The molecule has 0 aromatic heterocycles. The van der Waals surface area contributed by atoms with Crippen molar-refractivity contribution in [3.05, 3.63) is 59.7 Å². The molecule has 2 N–H and O–H groups in total. The highest BCUT2D eigenvalue weighted by Crippen LogP contribution is 2.16. The van der Waals surface area contributed by atoms with Gasteiger partial charge in [0.1, 0.15) is 0 Å². The molecule has 21 heavy (non-hydrogen) atoms. The molecule has 5 nitrogen and oxygen atoms in total. The number of carbonyl (C=O) groups is 1. The number of para-hydroxylation sites is 1. The fourth-order valence-corrected chi connectivity index (χ4v) is 2.61. The molecular formula is C15H16N2O3S. The van der Waals surface area contributed by atoms with E-state index in [0.29, 0.717) is 5.69 Å². The summed E-state index contributed by atoms with van der Waals surface area (Å²) in [6.07, 6.45) is 0. The van der Waals surface area contributed by atoms with Crippen molar-refractivity contribution >= 4 is 21.6 Å². The van der Waals surface area contributed by atoms with Crippen LogP contribution in [0.5, 0.6) is 0 Å². The lowest BCUT2D eigenvalue weighted by molar-refractivity contribution is 0.102. The largest absolute Gasteiger partial charge is 0.322 e. The lowest BCUT2D eigenvalue weighted by Crippen LogP contribution is -2.19. The number of nitrogens with one attached hydrogen (secondary N) is 2. The predicted octanol–water partition coefficient (Wildman–Crippen LogP) is 2.16. The van der Waals surface area contributed by atoms with Gasteiger partial charge in [-0.2, -0.15) is 0 Å². The van der Waals surface area contributed by atoms with Gasteiger partial charge in [0, 0.05) is 11.3 Å². The predicted molar refractivity (Wildman–Crippen MR) is 81.8 cm³/mol. The number of benzene rings is 2. The summed E-state index contributed by atoms with van der Waals surface area (Å²) in [5.74, 6) is -0.350. The van der Waals surface area contributed by atoms with Crippen LogP contribution in [0.25, 0.3) is 0 Å². The fourth-order valence-electron chi connectivity index (χ4n) is 1.83. The molecule has 0 heterocycles. The van der Waals surface area contributed by atoms with Gasteiger partial charge in [0.05, 0.1) is 4.90 Å². The summed E-state index contributed by atoms with van der Waals surface area (Å²) in [5.41, 5.74) is 1.92. The van der Waals surface area contributed by atoms with Gasteiger partial charge in [0.15, 0.2) is 0 Å². The van der Waals surface area contributed by atoms with E-state index >= 15 is 0 Å². The Morgan fingerprint density at radius 1 is 1.05 bits per heavy atom. The van der Waals surface area contributed by atoms with Crippen molar-refractivity contribution in [2.24, 2.45) is 0 Å². The Balaban J connectivity index is 2.29. The van der Waals surface area contributed by atoms with Crippen LogP contribution >= 0.6 is 0 Å². The molecule has 0 aliphatic heterocycles. The third-order valence-electron chi connectivity index (χ3n) is 3.07. The van der Waals surface area contributed by atoms with Crippen molar-refractivity contribution in [1.29, 1.82) is 0 Å². The van der Waals surface area contributed by atoms with Crippen LogP contribution in [0.15, 0.2) is 53.4 Å². The number of anilines is 1. The minimum atomic E-state index is -3.57. The average molecular weight is 304 g/mol. The molecule has 1 amide bonds. The molecule has 0 saturated carbocycles. The van der Waals surface area contributed by atoms with Gasteiger partial charge >= 0.3 is 0 Å². The van der Waals surface area contributed by atoms with E-state index in [1.165, 1.54) is 25.2 Å². The Bertz CT molecular complexity index is 770. The molecule has 0 spiro atoms. The van der Waals surface area contributed by atoms with Crippen molar-refractivity contribution in [3.8, 4) is 0 Å². The molecule has 2 aromatic carbocycles. The van der Waals surface area contributed by atoms with Gasteiger partial charge in [-0.1, -0.05) is 24.3 Å². The maximum absolute atomic E-state index is 12.2. The Kier molecular flexibility index (Phi) is 4.40. The summed E-state index contributed by atoms with van der Waals surface area (Å²) < 4.78 is 25.7. The summed E-state index contributed by atoms with van der Waals surface area (Å²) in [6, 6.07) is 13.3. The van der Waals surface area contributed by atoms with Crippen LogP contribution in [0.3, 0.4) is 0 Å². The number of sulfonamides is 1. The second-order valence-corrected chi connectivity index (χ2v) is 6.39. The van der Waals surface area contributed by atoms with Crippen LogP contribution in [-0.4, -0.2) is 21.4 Å². The third-order valence-corrected chi connectivity index (χ3v) is 4.48. The van der Waals surface area contributed by atoms with Gasteiger partial charge < -0.3 is 5.32 Å². The third kappa shape index (κ3) is 3.48. The number of amides is 1. The zero-order valence-electron chi connectivity index (χ0n) is 11.8. The van der Waals surface area contributed by atoms with Gasteiger partial charge in [-0.25, -0.2) is 13.1 Å². The van der Waals surface area contributed by atoms with Gasteiger partial charge in [0.25, 0.3) is 5.91 Å². The first-order valence-corrected chi connectivity index (χ1v) is 7.83. The second-order valence-electron chi connectivity index (χ2n) is 4.50. The first-order chi connectivity index (χ1) is 9.94. The van der Waals surface area contributed by atoms with Crippen molar-refractivity contribution in [2.75, 3.05) is 12.4 Å². The van der Waals surface area contributed by atoms with Crippen LogP contribution in [0.4, 0.5) is 5.69 Å². The molecule has 0 unspecified atom stereocenters. The Labute approximate surface area is 124 Å². The van der Waals surface area contributed by atoms with E-state index in [0.717, 1.165) is 5.56 Å². The van der Waals surface area contributed by atoms with Crippen LogP contribution in [-0.2, 0) is 10.0 Å². The molecule has 0 atom stereocenters. The number of rotatable bonds is 4.